The minimum absolute atomic E-state index is 0. The minimum Gasteiger partial charge on any atom is -0.449 e. The van der Waals surface area contributed by atoms with Gasteiger partial charge in [-0.05, 0) is 24.1 Å². The Balaban J connectivity index is 0.00000280. The fourth-order valence-corrected chi connectivity index (χ4v) is 2.78. The molecule has 0 bridgehead atoms. The molecule has 0 aromatic carbocycles. The van der Waals surface area contributed by atoms with Crippen LogP contribution < -0.4 is 0 Å². The molecule has 3 rings (SSSR count). The van der Waals surface area contributed by atoms with Gasteiger partial charge in [0, 0.05) is 26.1 Å². The maximum atomic E-state index is 12.7. The molecule has 0 saturated carbocycles. The maximum Gasteiger partial charge on any atom is 0.390 e. The molecule has 1 N–H and O–H groups in total. The van der Waals surface area contributed by atoms with E-state index in [4.69, 9.17) is 4.42 Å². The highest BCUT2D eigenvalue weighted by molar-refractivity contribution is 5.93. The Hall–Kier alpha value is -2.84. The predicted molar refractivity (Wildman–Crippen MR) is 95.1 cm³/mol. The molecule has 0 atom stereocenters. The summed E-state index contributed by atoms with van der Waals surface area (Å²) in [5, 5.41) is 0.724. The summed E-state index contributed by atoms with van der Waals surface area (Å²) in [6.45, 7) is 3.47. The number of fused-ring (bicyclic) bond motifs is 1. The molecule has 3 aromatic heterocycles. The SMILES string of the molecule is CC(C)CN(CCC(F)(F)F)C(=O)c1ccc(-c2ncnc3[nH]ccc23)o1.[HH]. The second kappa shape index (κ2) is 7.42. The number of H-pyrrole nitrogens is 1. The van der Waals surface area contributed by atoms with E-state index < -0.39 is 25.0 Å². The summed E-state index contributed by atoms with van der Waals surface area (Å²) in [6.07, 6.45) is -2.31. The molecule has 3 aromatic rings. The van der Waals surface area contributed by atoms with E-state index in [9.17, 15) is 18.0 Å². The van der Waals surface area contributed by atoms with E-state index in [2.05, 4.69) is 15.0 Å². The van der Waals surface area contributed by atoms with Crippen molar-refractivity contribution in [2.24, 2.45) is 5.92 Å². The van der Waals surface area contributed by atoms with Gasteiger partial charge in [-0.1, -0.05) is 13.8 Å². The summed E-state index contributed by atoms with van der Waals surface area (Å²) in [6, 6.07) is 4.82. The van der Waals surface area contributed by atoms with E-state index in [0.717, 1.165) is 5.39 Å². The van der Waals surface area contributed by atoms with Gasteiger partial charge in [-0.25, -0.2) is 9.97 Å². The van der Waals surface area contributed by atoms with Crippen LogP contribution in [0.4, 0.5) is 13.2 Å². The molecule has 3 heterocycles. The van der Waals surface area contributed by atoms with E-state index in [1.54, 1.807) is 18.3 Å². The molecule has 6 nitrogen and oxygen atoms in total. The number of halogens is 3. The van der Waals surface area contributed by atoms with Gasteiger partial charge in [-0.2, -0.15) is 13.2 Å². The van der Waals surface area contributed by atoms with Gasteiger partial charge in [-0.3, -0.25) is 4.79 Å². The van der Waals surface area contributed by atoms with E-state index in [0.29, 0.717) is 17.1 Å². The molecule has 0 aliphatic heterocycles. The highest BCUT2D eigenvalue weighted by Gasteiger charge is 2.30. The van der Waals surface area contributed by atoms with Crippen molar-refractivity contribution in [2.75, 3.05) is 13.1 Å². The van der Waals surface area contributed by atoms with E-state index in [1.807, 2.05) is 13.8 Å². The molecular weight excluding hydrogens is 361 g/mol. The molecule has 0 unspecified atom stereocenters. The van der Waals surface area contributed by atoms with Gasteiger partial charge in [0.05, 0.1) is 6.42 Å². The number of aromatic nitrogens is 3. The molecule has 146 valence electrons. The van der Waals surface area contributed by atoms with Crippen LogP contribution in [0.2, 0.25) is 0 Å². The third-order valence-electron chi connectivity index (χ3n) is 3.94. The molecule has 0 aliphatic rings. The highest BCUT2D eigenvalue weighted by atomic mass is 19.4. The molecule has 0 fully saturated rings. The number of nitrogens with zero attached hydrogens (tertiary/aromatic N) is 3. The number of hydrogen-bond donors (Lipinski definition) is 1. The molecule has 0 radical (unpaired) electrons. The summed E-state index contributed by atoms with van der Waals surface area (Å²) < 4.78 is 43.4. The number of rotatable bonds is 6. The first kappa shape index (κ1) is 18.9. The van der Waals surface area contributed by atoms with Gasteiger partial charge in [0.15, 0.2) is 11.5 Å². The molecule has 0 saturated heterocycles. The number of amides is 1. The topological polar surface area (TPSA) is 75.0 Å². The van der Waals surface area contributed by atoms with Crippen LogP contribution in [0.15, 0.2) is 35.1 Å². The van der Waals surface area contributed by atoms with Crippen LogP contribution in [0.5, 0.6) is 0 Å². The van der Waals surface area contributed by atoms with Crippen LogP contribution in [0.3, 0.4) is 0 Å². The fourth-order valence-electron chi connectivity index (χ4n) is 2.78. The van der Waals surface area contributed by atoms with Crippen LogP contribution in [0, 0.1) is 5.92 Å². The quantitative estimate of drug-likeness (QED) is 0.680. The fraction of sp³-hybridized carbons (Fsp3) is 0.389. The second-order valence-corrected chi connectivity index (χ2v) is 6.64. The molecule has 1 amide bonds. The van der Waals surface area contributed by atoms with Crippen molar-refractivity contribution >= 4 is 16.9 Å². The van der Waals surface area contributed by atoms with Crippen molar-refractivity contribution in [3.8, 4) is 11.5 Å². The number of nitrogens with one attached hydrogen (secondary N) is 1. The number of alkyl halides is 3. The number of aromatic amines is 1. The van der Waals surface area contributed by atoms with E-state index in [-0.39, 0.29) is 19.6 Å². The molecular formula is C18H21F3N4O2. The molecule has 27 heavy (non-hydrogen) atoms. The minimum atomic E-state index is -4.33. The van der Waals surface area contributed by atoms with Gasteiger partial charge >= 0.3 is 6.18 Å². The first-order valence-corrected chi connectivity index (χ1v) is 8.49. The molecule has 0 spiro atoms. The molecule has 9 heteroatoms. The molecule has 0 aliphatic carbocycles. The van der Waals surface area contributed by atoms with Crippen molar-refractivity contribution in [3.63, 3.8) is 0 Å². The lowest BCUT2D eigenvalue weighted by atomic mass is 10.2. The average molecular weight is 382 g/mol. The van der Waals surface area contributed by atoms with E-state index >= 15 is 0 Å². The lowest BCUT2D eigenvalue weighted by molar-refractivity contribution is -0.136. The number of hydrogen-bond acceptors (Lipinski definition) is 4. The second-order valence-electron chi connectivity index (χ2n) is 6.64. The van der Waals surface area contributed by atoms with Crippen molar-refractivity contribution in [1.82, 2.24) is 19.9 Å². The lowest BCUT2D eigenvalue weighted by Gasteiger charge is -2.24. The van der Waals surface area contributed by atoms with Crippen LogP contribution in [0.25, 0.3) is 22.5 Å². The third kappa shape index (κ3) is 4.47. The first-order chi connectivity index (χ1) is 12.7. The Labute approximate surface area is 154 Å². The van der Waals surface area contributed by atoms with Crippen LogP contribution >= 0.6 is 0 Å². The smallest absolute Gasteiger partial charge is 0.390 e. The van der Waals surface area contributed by atoms with Crippen LogP contribution in [-0.2, 0) is 0 Å². The predicted octanol–water partition coefficient (Wildman–Crippen LogP) is 4.51. The maximum absolute atomic E-state index is 12.7. The van der Waals surface area contributed by atoms with Crippen molar-refractivity contribution in [2.45, 2.75) is 26.4 Å². The third-order valence-corrected chi connectivity index (χ3v) is 3.94. The normalized spacial score (nSPS) is 12.1. The van der Waals surface area contributed by atoms with Gasteiger partial charge < -0.3 is 14.3 Å². The number of furan rings is 1. The zero-order valence-electron chi connectivity index (χ0n) is 14.9. The van der Waals surface area contributed by atoms with Gasteiger partial charge in [-0.15, -0.1) is 0 Å². The van der Waals surface area contributed by atoms with Gasteiger partial charge in [0.25, 0.3) is 5.91 Å². The summed E-state index contributed by atoms with van der Waals surface area (Å²) in [5.41, 5.74) is 1.13. The largest absolute Gasteiger partial charge is 0.449 e. The van der Waals surface area contributed by atoms with Crippen molar-refractivity contribution in [3.05, 3.63) is 36.5 Å². The highest BCUT2D eigenvalue weighted by Crippen LogP contribution is 2.27. The zero-order chi connectivity index (χ0) is 19.6. The monoisotopic (exact) mass is 382 g/mol. The van der Waals surface area contributed by atoms with Crippen molar-refractivity contribution < 1.29 is 23.8 Å². The van der Waals surface area contributed by atoms with Crippen molar-refractivity contribution in [1.29, 1.82) is 0 Å². The Morgan fingerprint density at radius 1 is 1.30 bits per heavy atom. The number of carbonyl (C=O) groups is 1. The lowest BCUT2D eigenvalue weighted by Crippen LogP contribution is -2.36. The number of carbonyl (C=O) groups excluding carboxylic acids is 1. The van der Waals surface area contributed by atoms with E-state index in [1.165, 1.54) is 17.3 Å². The Kier molecular flexibility index (Phi) is 5.20. The summed E-state index contributed by atoms with van der Waals surface area (Å²) in [7, 11) is 0. The first-order valence-electron chi connectivity index (χ1n) is 8.49. The summed E-state index contributed by atoms with van der Waals surface area (Å²) in [4.78, 5) is 25.1. The Morgan fingerprint density at radius 3 is 2.78 bits per heavy atom. The van der Waals surface area contributed by atoms with Crippen LogP contribution in [0.1, 0.15) is 32.2 Å². The zero-order valence-corrected chi connectivity index (χ0v) is 14.9. The van der Waals surface area contributed by atoms with Gasteiger partial charge in [0.1, 0.15) is 17.7 Å². The summed E-state index contributed by atoms with van der Waals surface area (Å²) >= 11 is 0. The van der Waals surface area contributed by atoms with Crippen LogP contribution in [-0.4, -0.2) is 45.0 Å². The Morgan fingerprint density at radius 2 is 2.07 bits per heavy atom. The summed E-state index contributed by atoms with van der Waals surface area (Å²) in [5.74, 6) is -0.211. The Bertz CT molecular complexity index is 936. The van der Waals surface area contributed by atoms with Gasteiger partial charge in [0.2, 0.25) is 0 Å². The average Bonchev–Trinajstić information content (AvgIpc) is 3.25. The standard InChI is InChI=1S/C18H19F3N4O2.H2/c1-11(2)9-25(8-6-18(19,20)21)17(26)14-4-3-13(27-14)15-12-5-7-22-16(12)24-10-23-15;/h3-5,7,10-11H,6,8-9H2,1-2H3,(H,22,23,24);1H.